The lowest BCUT2D eigenvalue weighted by Gasteiger charge is -2.15. The van der Waals surface area contributed by atoms with E-state index < -0.39 is 12.1 Å². The maximum Gasteiger partial charge on any atom is 0.303 e. The summed E-state index contributed by atoms with van der Waals surface area (Å²) in [7, 11) is 0. The zero-order valence-corrected chi connectivity index (χ0v) is 9.51. The summed E-state index contributed by atoms with van der Waals surface area (Å²) < 4.78 is 4.89. The molecule has 0 aliphatic heterocycles. The molecule has 0 spiro atoms. The van der Waals surface area contributed by atoms with E-state index in [1.807, 2.05) is 43.3 Å². The van der Waals surface area contributed by atoms with Gasteiger partial charge in [0.1, 0.15) is 6.07 Å². The van der Waals surface area contributed by atoms with E-state index in [9.17, 15) is 4.79 Å². The number of hydrogen-bond donors (Lipinski definition) is 0. The van der Waals surface area contributed by atoms with Gasteiger partial charge in [-0.2, -0.15) is 5.26 Å². The molecule has 16 heavy (non-hydrogen) atoms. The molecule has 0 saturated carbocycles. The minimum absolute atomic E-state index is 0.199. The summed E-state index contributed by atoms with van der Waals surface area (Å²) in [6.45, 7) is 3.33. The van der Waals surface area contributed by atoms with Crippen molar-refractivity contribution in [2.75, 3.05) is 0 Å². The summed E-state index contributed by atoms with van der Waals surface area (Å²) in [5.41, 5.74) is 1.15. The van der Waals surface area contributed by atoms with Crippen LogP contribution in [-0.4, -0.2) is 12.1 Å². The normalized spacial score (nSPS) is 13.6. The standard InChI is InChI=1S/C13H15NO2/c1-10(12-6-4-3-5-7-12)8-13(9-14)16-11(2)15/h3-7,10,13H,8H2,1-2H3/t10-,13-/m1/s1. The molecule has 0 aliphatic carbocycles. The Balaban J connectivity index is 2.60. The van der Waals surface area contributed by atoms with Gasteiger partial charge < -0.3 is 4.74 Å². The smallest absolute Gasteiger partial charge is 0.303 e. The number of ether oxygens (including phenoxy) is 1. The molecule has 1 aromatic rings. The molecule has 1 aromatic carbocycles. The molecule has 1 rings (SSSR count). The van der Waals surface area contributed by atoms with Gasteiger partial charge in [-0.25, -0.2) is 0 Å². The van der Waals surface area contributed by atoms with Crippen molar-refractivity contribution >= 4 is 5.97 Å². The fourth-order valence-electron chi connectivity index (χ4n) is 1.57. The number of benzene rings is 1. The Morgan fingerprint density at radius 3 is 2.56 bits per heavy atom. The minimum atomic E-state index is -0.660. The molecule has 0 radical (unpaired) electrons. The number of esters is 1. The number of carbonyl (C=O) groups is 1. The van der Waals surface area contributed by atoms with Crippen molar-refractivity contribution < 1.29 is 9.53 Å². The van der Waals surface area contributed by atoms with Crippen molar-refractivity contribution in [3.63, 3.8) is 0 Å². The summed E-state index contributed by atoms with van der Waals surface area (Å²) in [6.07, 6.45) is -0.132. The van der Waals surface area contributed by atoms with Crippen LogP contribution in [0.5, 0.6) is 0 Å². The maximum absolute atomic E-state index is 10.8. The Labute approximate surface area is 95.7 Å². The highest BCUT2D eigenvalue weighted by Gasteiger charge is 2.16. The highest BCUT2D eigenvalue weighted by Crippen LogP contribution is 2.21. The van der Waals surface area contributed by atoms with Gasteiger partial charge in [0, 0.05) is 13.3 Å². The number of nitriles is 1. The largest absolute Gasteiger partial charge is 0.447 e. The van der Waals surface area contributed by atoms with Gasteiger partial charge in [0.25, 0.3) is 0 Å². The lowest BCUT2D eigenvalue weighted by Crippen LogP contribution is -2.16. The maximum atomic E-state index is 10.8. The highest BCUT2D eigenvalue weighted by molar-refractivity contribution is 5.66. The van der Waals surface area contributed by atoms with Crippen LogP contribution in [0.15, 0.2) is 30.3 Å². The second-order valence-electron chi connectivity index (χ2n) is 3.77. The van der Waals surface area contributed by atoms with Crippen LogP contribution >= 0.6 is 0 Å². The predicted octanol–water partition coefficient (Wildman–Crippen LogP) is 2.64. The van der Waals surface area contributed by atoms with E-state index in [2.05, 4.69) is 0 Å². The van der Waals surface area contributed by atoms with E-state index in [4.69, 9.17) is 10.00 Å². The molecular weight excluding hydrogens is 202 g/mol. The van der Waals surface area contributed by atoms with Crippen LogP contribution in [0.4, 0.5) is 0 Å². The molecule has 0 saturated heterocycles. The van der Waals surface area contributed by atoms with Crippen LogP contribution in [-0.2, 0) is 9.53 Å². The van der Waals surface area contributed by atoms with Crippen LogP contribution in [0.1, 0.15) is 31.7 Å². The van der Waals surface area contributed by atoms with Gasteiger partial charge in [-0.15, -0.1) is 0 Å². The van der Waals surface area contributed by atoms with Crippen LogP contribution in [0.25, 0.3) is 0 Å². The van der Waals surface area contributed by atoms with E-state index in [1.54, 1.807) is 0 Å². The molecule has 84 valence electrons. The first kappa shape index (κ1) is 12.3. The second kappa shape index (κ2) is 5.92. The average Bonchev–Trinajstić information content (AvgIpc) is 2.28. The van der Waals surface area contributed by atoms with Crippen molar-refractivity contribution in [1.29, 1.82) is 5.26 Å². The van der Waals surface area contributed by atoms with Crippen LogP contribution in [0.3, 0.4) is 0 Å². The average molecular weight is 217 g/mol. The number of rotatable bonds is 4. The molecule has 0 heterocycles. The molecular formula is C13H15NO2. The summed E-state index contributed by atoms with van der Waals surface area (Å²) in [5.74, 6) is -0.211. The monoisotopic (exact) mass is 217 g/mol. The summed E-state index contributed by atoms with van der Waals surface area (Å²) >= 11 is 0. The molecule has 0 aliphatic rings. The lowest BCUT2D eigenvalue weighted by molar-refractivity contribution is -0.144. The van der Waals surface area contributed by atoms with E-state index in [-0.39, 0.29) is 5.92 Å². The molecule has 0 aromatic heterocycles. The number of carbonyl (C=O) groups excluding carboxylic acids is 1. The fraction of sp³-hybridized carbons (Fsp3) is 0.385. The Kier molecular flexibility index (Phi) is 4.53. The molecule has 2 atom stereocenters. The molecule has 0 N–H and O–H groups in total. The van der Waals surface area contributed by atoms with Crippen molar-refractivity contribution in [1.82, 2.24) is 0 Å². The van der Waals surface area contributed by atoms with Crippen LogP contribution < -0.4 is 0 Å². The SMILES string of the molecule is CC(=O)O[C@@H](C#N)C[C@@H](C)c1ccccc1. The Hall–Kier alpha value is -1.82. The van der Waals surface area contributed by atoms with Gasteiger partial charge in [-0.05, 0) is 11.5 Å². The Morgan fingerprint density at radius 1 is 1.44 bits per heavy atom. The van der Waals surface area contributed by atoms with Gasteiger partial charge in [0.05, 0.1) is 0 Å². The number of hydrogen-bond acceptors (Lipinski definition) is 3. The van der Waals surface area contributed by atoms with Crippen molar-refractivity contribution in [2.24, 2.45) is 0 Å². The van der Waals surface area contributed by atoms with Crippen molar-refractivity contribution in [3.8, 4) is 6.07 Å². The molecule has 0 amide bonds. The lowest BCUT2D eigenvalue weighted by atomic mass is 9.95. The van der Waals surface area contributed by atoms with Crippen molar-refractivity contribution in [3.05, 3.63) is 35.9 Å². The quantitative estimate of drug-likeness (QED) is 0.728. The van der Waals surface area contributed by atoms with Gasteiger partial charge in [0.15, 0.2) is 6.10 Å². The van der Waals surface area contributed by atoms with Gasteiger partial charge in [-0.1, -0.05) is 37.3 Å². The first-order valence-electron chi connectivity index (χ1n) is 5.25. The third-order valence-electron chi connectivity index (χ3n) is 2.39. The third-order valence-corrected chi connectivity index (χ3v) is 2.39. The summed E-state index contributed by atoms with van der Waals surface area (Å²) in [4.78, 5) is 10.8. The topological polar surface area (TPSA) is 50.1 Å². The predicted molar refractivity (Wildman–Crippen MR) is 60.6 cm³/mol. The van der Waals surface area contributed by atoms with E-state index in [0.29, 0.717) is 6.42 Å². The van der Waals surface area contributed by atoms with Crippen LogP contribution in [0, 0.1) is 11.3 Å². The fourth-order valence-corrected chi connectivity index (χ4v) is 1.57. The molecule has 0 bridgehead atoms. The third kappa shape index (κ3) is 3.74. The zero-order valence-electron chi connectivity index (χ0n) is 9.51. The van der Waals surface area contributed by atoms with E-state index in [0.717, 1.165) is 5.56 Å². The first-order chi connectivity index (χ1) is 7.63. The Bertz CT molecular complexity index is 381. The van der Waals surface area contributed by atoms with Crippen molar-refractivity contribution in [2.45, 2.75) is 32.3 Å². The van der Waals surface area contributed by atoms with Gasteiger partial charge in [-0.3, -0.25) is 4.79 Å². The van der Waals surface area contributed by atoms with Gasteiger partial charge in [0.2, 0.25) is 0 Å². The molecule has 0 unspecified atom stereocenters. The molecule has 0 fully saturated rings. The molecule has 3 nitrogen and oxygen atoms in total. The number of nitrogens with zero attached hydrogens (tertiary/aromatic N) is 1. The van der Waals surface area contributed by atoms with E-state index in [1.165, 1.54) is 6.92 Å². The summed E-state index contributed by atoms with van der Waals surface area (Å²) in [6, 6.07) is 11.9. The van der Waals surface area contributed by atoms with Gasteiger partial charge >= 0.3 is 5.97 Å². The second-order valence-corrected chi connectivity index (χ2v) is 3.77. The Morgan fingerprint density at radius 2 is 2.06 bits per heavy atom. The summed E-state index contributed by atoms with van der Waals surface area (Å²) in [5, 5.41) is 8.84. The zero-order chi connectivity index (χ0) is 12.0. The first-order valence-corrected chi connectivity index (χ1v) is 5.25. The van der Waals surface area contributed by atoms with Crippen LogP contribution in [0.2, 0.25) is 0 Å². The molecule has 3 heteroatoms. The highest BCUT2D eigenvalue weighted by atomic mass is 16.5. The minimum Gasteiger partial charge on any atom is -0.447 e. The van der Waals surface area contributed by atoms with E-state index >= 15 is 0 Å².